The van der Waals surface area contributed by atoms with Crippen LogP contribution in [-0.4, -0.2) is 31.2 Å². The highest BCUT2D eigenvalue weighted by molar-refractivity contribution is 7.87. The number of para-hydroxylation sites is 1. The van der Waals surface area contributed by atoms with E-state index in [0.29, 0.717) is 17.7 Å². The van der Waals surface area contributed by atoms with Crippen LogP contribution in [-0.2, 0) is 21.5 Å². The van der Waals surface area contributed by atoms with Gasteiger partial charge in [0.25, 0.3) is 5.91 Å². The molecule has 0 saturated carbocycles. The average molecular weight is 471 g/mol. The maximum atomic E-state index is 13.0. The Labute approximate surface area is 193 Å². The molecular formula is C24H26N2O6S. The number of benzene rings is 2. The van der Waals surface area contributed by atoms with Gasteiger partial charge in [-0.05, 0) is 55.8 Å². The first-order valence-corrected chi connectivity index (χ1v) is 11.9. The zero-order chi connectivity index (χ0) is 24.0. The Morgan fingerprint density at radius 3 is 2.36 bits per heavy atom. The number of carbonyl (C=O) groups is 2. The first-order chi connectivity index (χ1) is 15.7. The third-order valence-corrected chi connectivity index (χ3v) is 6.34. The molecule has 0 aliphatic rings. The second-order valence-electron chi connectivity index (χ2n) is 7.52. The van der Waals surface area contributed by atoms with Crippen LogP contribution in [0.5, 0.6) is 5.75 Å². The second kappa shape index (κ2) is 10.4. The van der Waals surface area contributed by atoms with Crippen molar-refractivity contribution in [1.29, 1.82) is 0 Å². The molecule has 1 heterocycles. The minimum Gasteiger partial charge on any atom is -0.459 e. The average Bonchev–Trinajstić information content (AvgIpc) is 3.32. The van der Waals surface area contributed by atoms with Gasteiger partial charge in [-0.3, -0.25) is 9.59 Å². The molecule has 0 bridgehead atoms. The van der Waals surface area contributed by atoms with Crippen LogP contribution in [0, 0.1) is 0 Å². The van der Waals surface area contributed by atoms with Crippen LogP contribution in [0.2, 0.25) is 0 Å². The molecular weight excluding hydrogens is 444 g/mol. The maximum Gasteiger partial charge on any atom is 0.339 e. The number of hydrogen-bond acceptors (Lipinski definition) is 6. The van der Waals surface area contributed by atoms with Gasteiger partial charge in [-0.1, -0.05) is 25.1 Å². The fourth-order valence-corrected chi connectivity index (χ4v) is 4.13. The molecule has 0 radical (unpaired) electrons. The van der Waals surface area contributed by atoms with Crippen LogP contribution in [0.15, 0.2) is 76.2 Å². The van der Waals surface area contributed by atoms with E-state index in [1.54, 1.807) is 41.3 Å². The molecule has 0 saturated heterocycles. The van der Waals surface area contributed by atoms with Gasteiger partial charge < -0.3 is 18.8 Å². The Bertz CT molecular complexity index is 1200. The summed E-state index contributed by atoms with van der Waals surface area (Å²) in [6, 6.07) is 15.5. The van der Waals surface area contributed by atoms with Crippen molar-refractivity contribution in [3.63, 3.8) is 0 Å². The summed E-state index contributed by atoms with van der Waals surface area (Å²) in [5.74, 6) is -0.212. The standard InChI is InChI=1S/C24H26N2O6S/c1-4-17(2)26(24(28)23-10-7-15-31-23)16-19-8-5-6-9-22(19)32-33(29,30)21-13-11-20(12-14-21)25-18(3)27/h5-15,17H,4,16H2,1-3H3,(H,25,27)/t17-/m1/s1. The van der Waals surface area contributed by atoms with Crippen molar-refractivity contribution in [3.05, 3.63) is 78.3 Å². The number of carbonyl (C=O) groups excluding carboxylic acids is 2. The number of nitrogens with one attached hydrogen (secondary N) is 1. The quantitative estimate of drug-likeness (QED) is 0.463. The number of amides is 2. The highest BCUT2D eigenvalue weighted by Crippen LogP contribution is 2.26. The Kier molecular flexibility index (Phi) is 7.55. The van der Waals surface area contributed by atoms with E-state index in [9.17, 15) is 18.0 Å². The van der Waals surface area contributed by atoms with Gasteiger partial charge in [0.1, 0.15) is 10.6 Å². The highest BCUT2D eigenvalue weighted by Gasteiger charge is 2.25. The van der Waals surface area contributed by atoms with E-state index in [2.05, 4.69) is 5.32 Å². The minimum absolute atomic E-state index is 0.0585. The summed E-state index contributed by atoms with van der Waals surface area (Å²) in [6.45, 7) is 5.38. The van der Waals surface area contributed by atoms with Gasteiger partial charge in [-0.2, -0.15) is 8.42 Å². The van der Waals surface area contributed by atoms with Gasteiger partial charge in [0.05, 0.1) is 12.8 Å². The van der Waals surface area contributed by atoms with Crippen LogP contribution in [0.1, 0.15) is 43.3 Å². The zero-order valence-electron chi connectivity index (χ0n) is 18.6. The summed E-state index contributed by atoms with van der Waals surface area (Å²) in [6.07, 6.45) is 2.14. The van der Waals surface area contributed by atoms with Gasteiger partial charge in [0.15, 0.2) is 5.76 Å². The van der Waals surface area contributed by atoms with Crippen molar-refractivity contribution in [2.75, 3.05) is 5.32 Å². The largest absolute Gasteiger partial charge is 0.459 e. The van der Waals surface area contributed by atoms with E-state index in [1.165, 1.54) is 37.5 Å². The number of furan rings is 1. The van der Waals surface area contributed by atoms with Gasteiger partial charge in [-0.15, -0.1) is 0 Å². The summed E-state index contributed by atoms with van der Waals surface area (Å²) in [5, 5.41) is 2.58. The Balaban J connectivity index is 1.85. The van der Waals surface area contributed by atoms with E-state index < -0.39 is 10.1 Å². The molecule has 2 aromatic carbocycles. The second-order valence-corrected chi connectivity index (χ2v) is 9.06. The molecule has 1 N–H and O–H groups in total. The fourth-order valence-electron chi connectivity index (χ4n) is 3.16. The summed E-state index contributed by atoms with van der Waals surface area (Å²) < 4.78 is 36.5. The lowest BCUT2D eigenvalue weighted by molar-refractivity contribution is -0.114. The fraction of sp³-hybridized carbons (Fsp3) is 0.250. The molecule has 2 amide bonds. The molecule has 1 aromatic heterocycles. The van der Waals surface area contributed by atoms with Crippen LogP contribution < -0.4 is 9.50 Å². The normalized spacial score (nSPS) is 12.1. The van der Waals surface area contributed by atoms with E-state index in [1.807, 2.05) is 13.8 Å². The molecule has 0 aliphatic heterocycles. The SMILES string of the molecule is CC[C@@H](C)N(Cc1ccccc1OS(=O)(=O)c1ccc(NC(C)=O)cc1)C(=O)c1ccco1. The smallest absolute Gasteiger partial charge is 0.339 e. The molecule has 8 nitrogen and oxygen atoms in total. The van der Waals surface area contributed by atoms with Gasteiger partial charge in [0.2, 0.25) is 5.91 Å². The molecule has 0 aliphatic carbocycles. The summed E-state index contributed by atoms with van der Waals surface area (Å²) >= 11 is 0. The molecule has 0 spiro atoms. The summed E-state index contributed by atoms with van der Waals surface area (Å²) in [7, 11) is -4.14. The molecule has 174 valence electrons. The molecule has 9 heteroatoms. The molecule has 0 unspecified atom stereocenters. The number of anilines is 1. The molecule has 3 rings (SSSR count). The van der Waals surface area contributed by atoms with Crippen molar-refractivity contribution in [2.45, 2.75) is 44.7 Å². The van der Waals surface area contributed by atoms with E-state index in [4.69, 9.17) is 8.60 Å². The van der Waals surface area contributed by atoms with Crippen molar-refractivity contribution in [3.8, 4) is 5.75 Å². The highest BCUT2D eigenvalue weighted by atomic mass is 32.2. The van der Waals surface area contributed by atoms with Crippen LogP contribution >= 0.6 is 0 Å². The van der Waals surface area contributed by atoms with Crippen molar-refractivity contribution in [1.82, 2.24) is 4.90 Å². The van der Waals surface area contributed by atoms with Crippen LogP contribution in [0.25, 0.3) is 0 Å². The zero-order valence-corrected chi connectivity index (χ0v) is 19.5. The minimum atomic E-state index is -4.14. The van der Waals surface area contributed by atoms with Gasteiger partial charge in [-0.25, -0.2) is 0 Å². The van der Waals surface area contributed by atoms with Gasteiger partial charge >= 0.3 is 10.1 Å². The predicted octanol–water partition coefficient (Wildman–Crippen LogP) is 4.45. The molecule has 1 atom stereocenters. The van der Waals surface area contributed by atoms with Crippen molar-refractivity contribution < 1.29 is 26.6 Å². The predicted molar refractivity (Wildman–Crippen MR) is 123 cm³/mol. The Morgan fingerprint density at radius 1 is 1.06 bits per heavy atom. The lowest BCUT2D eigenvalue weighted by atomic mass is 10.1. The third-order valence-electron chi connectivity index (χ3n) is 5.09. The summed E-state index contributed by atoms with van der Waals surface area (Å²) in [4.78, 5) is 25.7. The first kappa shape index (κ1) is 24.1. The number of nitrogens with zero attached hydrogens (tertiary/aromatic N) is 1. The number of rotatable bonds is 9. The first-order valence-electron chi connectivity index (χ1n) is 10.5. The van der Waals surface area contributed by atoms with Crippen LogP contribution in [0.3, 0.4) is 0 Å². The van der Waals surface area contributed by atoms with E-state index in [0.717, 1.165) is 0 Å². The van der Waals surface area contributed by atoms with Crippen LogP contribution in [0.4, 0.5) is 5.69 Å². The topological polar surface area (TPSA) is 106 Å². The Morgan fingerprint density at radius 2 is 1.76 bits per heavy atom. The third kappa shape index (κ3) is 6.01. The monoisotopic (exact) mass is 470 g/mol. The molecule has 33 heavy (non-hydrogen) atoms. The van der Waals surface area contributed by atoms with Gasteiger partial charge in [0, 0.05) is 24.2 Å². The van der Waals surface area contributed by atoms with E-state index in [-0.39, 0.29) is 40.8 Å². The molecule has 0 fully saturated rings. The van der Waals surface area contributed by atoms with E-state index >= 15 is 0 Å². The maximum absolute atomic E-state index is 13.0. The molecule has 3 aromatic rings. The van der Waals surface area contributed by atoms with Crippen molar-refractivity contribution in [2.24, 2.45) is 0 Å². The summed E-state index contributed by atoms with van der Waals surface area (Å²) in [5.41, 5.74) is 1.01. The van der Waals surface area contributed by atoms with Crippen molar-refractivity contribution >= 4 is 27.6 Å². The number of hydrogen-bond donors (Lipinski definition) is 1. The lowest BCUT2D eigenvalue weighted by Gasteiger charge is -2.28. The lowest BCUT2D eigenvalue weighted by Crippen LogP contribution is -2.37. The Hall–Kier alpha value is -3.59.